The average molecular weight is 385 g/mol. The highest BCUT2D eigenvalue weighted by atomic mass is 32.1. The van der Waals surface area contributed by atoms with Gasteiger partial charge in [0, 0.05) is 41.6 Å². The quantitative estimate of drug-likeness (QED) is 0.829. The number of thiazole rings is 1. The van der Waals surface area contributed by atoms with E-state index in [9.17, 15) is 9.59 Å². The van der Waals surface area contributed by atoms with Crippen molar-refractivity contribution < 1.29 is 9.59 Å². The molecule has 2 aromatic rings. The molecule has 7 heteroatoms. The molecular weight excluding hydrogens is 360 g/mol. The first-order chi connectivity index (χ1) is 13.0. The van der Waals surface area contributed by atoms with Gasteiger partial charge in [-0.05, 0) is 37.1 Å². The van der Waals surface area contributed by atoms with Crippen molar-refractivity contribution in [2.24, 2.45) is 11.8 Å². The maximum absolute atomic E-state index is 12.6. The summed E-state index contributed by atoms with van der Waals surface area (Å²) in [5.74, 6) is 0.389. The molecule has 1 saturated carbocycles. The third kappa shape index (κ3) is 4.04. The summed E-state index contributed by atoms with van der Waals surface area (Å²) in [5, 5.41) is 6.46. The molecule has 0 spiro atoms. The molecule has 1 aliphatic carbocycles. The number of hydrogen-bond donors (Lipinski definition) is 2. The predicted octanol–water partition coefficient (Wildman–Crippen LogP) is 3.37. The van der Waals surface area contributed by atoms with Gasteiger partial charge in [-0.25, -0.2) is 4.98 Å². The third-order valence-corrected chi connectivity index (χ3v) is 6.31. The lowest BCUT2D eigenvalue weighted by molar-refractivity contribution is -0.117. The molecule has 0 bridgehead atoms. The summed E-state index contributed by atoms with van der Waals surface area (Å²) in [6.45, 7) is 7.17. The topological polar surface area (TPSA) is 74.3 Å². The zero-order valence-corrected chi connectivity index (χ0v) is 16.4. The van der Waals surface area contributed by atoms with E-state index in [2.05, 4.69) is 34.4 Å². The summed E-state index contributed by atoms with van der Waals surface area (Å²) < 4.78 is 0. The Morgan fingerprint density at radius 2 is 2.15 bits per heavy atom. The molecule has 142 valence electrons. The molecule has 0 saturated heterocycles. The van der Waals surface area contributed by atoms with Crippen molar-refractivity contribution >= 4 is 34.0 Å². The number of anilines is 2. The van der Waals surface area contributed by atoms with Crippen LogP contribution in [0.5, 0.6) is 0 Å². The lowest BCUT2D eigenvalue weighted by Gasteiger charge is -2.23. The van der Waals surface area contributed by atoms with Crippen LogP contribution in [0.3, 0.4) is 0 Å². The summed E-state index contributed by atoms with van der Waals surface area (Å²) in [6.07, 6.45) is 1.87. The first-order valence-corrected chi connectivity index (χ1v) is 10.3. The second-order valence-electron chi connectivity index (χ2n) is 7.35. The Hall–Kier alpha value is -2.25. The molecule has 2 amide bonds. The molecule has 2 N–H and O–H groups in total. The van der Waals surface area contributed by atoms with Crippen LogP contribution in [0.1, 0.15) is 41.2 Å². The smallest absolute Gasteiger partial charge is 0.257 e. The van der Waals surface area contributed by atoms with E-state index in [1.807, 2.05) is 6.07 Å². The molecule has 1 aromatic carbocycles. The minimum Gasteiger partial charge on any atom is -0.326 e. The van der Waals surface area contributed by atoms with Gasteiger partial charge in [-0.15, -0.1) is 11.3 Å². The van der Waals surface area contributed by atoms with Crippen molar-refractivity contribution in [3.8, 4) is 0 Å². The number of amides is 2. The van der Waals surface area contributed by atoms with E-state index in [1.165, 1.54) is 4.88 Å². The number of likely N-dealkylation sites (N-methyl/N-ethyl adjacent to an activating group) is 1. The van der Waals surface area contributed by atoms with Gasteiger partial charge in [-0.3, -0.25) is 19.8 Å². The van der Waals surface area contributed by atoms with Crippen LogP contribution in [-0.2, 0) is 17.8 Å². The number of carbonyl (C=O) groups excluding carboxylic acids is 2. The molecule has 2 heterocycles. The SMILES string of the molecule is CCN1CCc2nc(NC(=O)c3cccc(NC(=O)C4CC4C)c3)sc2C1. The third-order valence-electron chi connectivity index (χ3n) is 5.32. The first kappa shape index (κ1) is 18.1. The molecule has 1 aromatic heterocycles. The lowest BCUT2D eigenvalue weighted by Crippen LogP contribution is -2.29. The summed E-state index contributed by atoms with van der Waals surface area (Å²) in [5.41, 5.74) is 2.27. The van der Waals surface area contributed by atoms with Crippen LogP contribution in [-0.4, -0.2) is 34.8 Å². The number of carbonyl (C=O) groups is 2. The molecule has 2 atom stereocenters. The van der Waals surface area contributed by atoms with Crippen molar-refractivity contribution in [2.75, 3.05) is 23.7 Å². The van der Waals surface area contributed by atoms with E-state index in [-0.39, 0.29) is 17.7 Å². The number of hydrogen-bond acceptors (Lipinski definition) is 5. The van der Waals surface area contributed by atoms with Gasteiger partial charge in [0.25, 0.3) is 5.91 Å². The van der Waals surface area contributed by atoms with Crippen LogP contribution in [0, 0.1) is 11.8 Å². The Labute approximate surface area is 163 Å². The van der Waals surface area contributed by atoms with Gasteiger partial charge in [-0.1, -0.05) is 19.9 Å². The van der Waals surface area contributed by atoms with Crippen LogP contribution in [0.2, 0.25) is 0 Å². The Bertz CT molecular complexity index is 879. The molecule has 6 nitrogen and oxygen atoms in total. The first-order valence-electron chi connectivity index (χ1n) is 9.46. The number of nitrogens with zero attached hydrogens (tertiary/aromatic N) is 2. The second kappa shape index (κ2) is 7.40. The number of aromatic nitrogens is 1. The van der Waals surface area contributed by atoms with Crippen molar-refractivity contribution in [2.45, 2.75) is 33.2 Å². The van der Waals surface area contributed by atoms with E-state index in [4.69, 9.17) is 0 Å². The van der Waals surface area contributed by atoms with Crippen LogP contribution >= 0.6 is 11.3 Å². The monoisotopic (exact) mass is 384 g/mol. The second-order valence-corrected chi connectivity index (χ2v) is 8.43. The number of nitrogens with one attached hydrogen (secondary N) is 2. The van der Waals surface area contributed by atoms with Gasteiger partial charge < -0.3 is 5.32 Å². The van der Waals surface area contributed by atoms with Crippen molar-refractivity contribution in [1.29, 1.82) is 0 Å². The molecule has 1 fully saturated rings. The fraction of sp³-hybridized carbons (Fsp3) is 0.450. The van der Waals surface area contributed by atoms with Crippen molar-refractivity contribution in [1.82, 2.24) is 9.88 Å². The largest absolute Gasteiger partial charge is 0.326 e. The minimum absolute atomic E-state index is 0.0353. The standard InChI is InChI=1S/C20H24N4O2S/c1-3-24-8-7-16-17(11-24)27-20(22-16)23-18(25)13-5-4-6-14(10-13)21-19(26)15-9-12(15)2/h4-6,10,12,15H,3,7-9,11H2,1-2H3,(H,21,26)(H,22,23,25). The molecule has 0 radical (unpaired) electrons. The van der Waals surface area contributed by atoms with Crippen molar-refractivity contribution in [3.63, 3.8) is 0 Å². The molecule has 2 unspecified atom stereocenters. The fourth-order valence-electron chi connectivity index (χ4n) is 3.40. The van der Waals surface area contributed by atoms with E-state index in [0.29, 0.717) is 22.3 Å². The van der Waals surface area contributed by atoms with Gasteiger partial charge in [0.05, 0.1) is 5.69 Å². The number of fused-ring (bicyclic) bond motifs is 1. The summed E-state index contributed by atoms with van der Waals surface area (Å²) >= 11 is 1.55. The Balaban J connectivity index is 1.42. The maximum atomic E-state index is 12.6. The van der Waals surface area contributed by atoms with Gasteiger partial charge >= 0.3 is 0 Å². The number of benzene rings is 1. The predicted molar refractivity (Wildman–Crippen MR) is 107 cm³/mol. The maximum Gasteiger partial charge on any atom is 0.257 e. The molecule has 27 heavy (non-hydrogen) atoms. The molecule has 1 aliphatic heterocycles. The summed E-state index contributed by atoms with van der Waals surface area (Å²) in [7, 11) is 0. The normalized spacial score (nSPS) is 21.4. The van der Waals surface area contributed by atoms with Crippen LogP contribution in [0.4, 0.5) is 10.8 Å². The van der Waals surface area contributed by atoms with Gasteiger partial charge in [0.1, 0.15) is 0 Å². The highest BCUT2D eigenvalue weighted by Gasteiger charge is 2.39. The fourth-order valence-corrected chi connectivity index (χ4v) is 4.45. The van der Waals surface area contributed by atoms with E-state index < -0.39 is 0 Å². The Morgan fingerprint density at radius 1 is 1.33 bits per heavy atom. The average Bonchev–Trinajstić information content (AvgIpc) is 3.26. The van der Waals surface area contributed by atoms with Gasteiger partial charge in [0.15, 0.2) is 5.13 Å². The molecular formula is C20H24N4O2S. The number of rotatable bonds is 5. The highest BCUT2D eigenvalue weighted by molar-refractivity contribution is 7.15. The van der Waals surface area contributed by atoms with Crippen LogP contribution < -0.4 is 10.6 Å². The zero-order chi connectivity index (χ0) is 19.0. The van der Waals surface area contributed by atoms with Crippen LogP contribution in [0.25, 0.3) is 0 Å². The van der Waals surface area contributed by atoms with E-state index >= 15 is 0 Å². The zero-order valence-electron chi connectivity index (χ0n) is 15.6. The van der Waals surface area contributed by atoms with E-state index in [0.717, 1.165) is 38.2 Å². The molecule has 2 aliphatic rings. The highest BCUT2D eigenvalue weighted by Crippen LogP contribution is 2.38. The van der Waals surface area contributed by atoms with Crippen molar-refractivity contribution in [3.05, 3.63) is 40.4 Å². The lowest BCUT2D eigenvalue weighted by atomic mass is 10.2. The van der Waals surface area contributed by atoms with Crippen LogP contribution in [0.15, 0.2) is 24.3 Å². The van der Waals surface area contributed by atoms with Gasteiger partial charge in [0.2, 0.25) is 5.91 Å². The van der Waals surface area contributed by atoms with Gasteiger partial charge in [-0.2, -0.15) is 0 Å². The molecule has 4 rings (SSSR count). The summed E-state index contributed by atoms with van der Waals surface area (Å²) in [6, 6.07) is 7.06. The Kier molecular flexibility index (Phi) is 4.97. The Morgan fingerprint density at radius 3 is 2.89 bits per heavy atom. The van der Waals surface area contributed by atoms with E-state index in [1.54, 1.807) is 29.5 Å². The minimum atomic E-state index is -0.204. The summed E-state index contributed by atoms with van der Waals surface area (Å²) in [4.78, 5) is 32.9.